The molecule has 0 aliphatic heterocycles. The molecule has 1 aromatic carbocycles. The van der Waals surface area contributed by atoms with Crippen molar-refractivity contribution in [3.8, 4) is 0 Å². The number of thioether (sulfide) groups is 1. The number of amides is 1. The minimum atomic E-state index is -0.409. The first kappa shape index (κ1) is 15.2. The lowest BCUT2D eigenvalue weighted by atomic mass is 9.95. The maximum Gasteiger partial charge on any atom is 0.248 e. The van der Waals surface area contributed by atoms with Crippen molar-refractivity contribution in [3.05, 3.63) is 46.4 Å². The monoisotopic (exact) mass is 321 g/mol. The second-order valence-electron chi connectivity index (χ2n) is 4.07. The largest absolute Gasteiger partial charge is 0.375 e. The zero-order valence-electron chi connectivity index (χ0n) is 10.7. The maximum absolute atomic E-state index is 12.2. The van der Waals surface area contributed by atoms with Crippen LogP contribution in [-0.4, -0.2) is 28.3 Å². The second-order valence-corrected chi connectivity index (χ2v) is 5.53. The molecule has 6 nitrogen and oxygen atoms in total. The van der Waals surface area contributed by atoms with E-state index in [0.29, 0.717) is 11.1 Å². The molecule has 0 bridgehead atoms. The number of benzene rings is 1. The maximum atomic E-state index is 12.2. The minimum absolute atomic E-state index is 0.0391. The van der Waals surface area contributed by atoms with Crippen molar-refractivity contribution in [2.75, 3.05) is 5.75 Å². The van der Waals surface area contributed by atoms with Gasteiger partial charge in [0.25, 0.3) is 0 Å². The Morgan fingerprint density at radius 3 is 2.52 bits per heavy atom. The van der Waals surface area contributed by atoms with E-state index in [2.05, 4.69) is 23.1 Å². The fourth-order valence-electron chi connectivity index (χ4n) is 1.71. The van der Waals surface area contributed by atoms with Crippen molar-refractivity contribution in [3.63, 3.8) is 0 Å². The smallest absolute Gasteiger partial charge is 0.248 e. The molecule has 2 rings (SSSR count). The molecule has 0 fully saturated rings. The van der Waals surface area contributed by atoms with Gasteiger partial charge in [-0.3, -0.25) is 25.2 Å². The third-order valence-electron chi connectivity index (χ3n) is 2.61. The number of carbonyl (C=O) groups excluding carboxylic acids is 3. The van der Waals surface area contributed by atoms with Crippen LogP contribution >= 0.6 is 24.0 Å². The summed E-state index contributed by atoms with van der Waals surface area (Å²) in [6.07, 6.45) is 1.25. The van der Waals surface area contributed by atoms with Crippen LogP contribution in [0.5, 0.6) is 0 Å². The average Bonchev–Trinajstić information content (AvgIpc) is 2.47. The molecule has 1 aliphatic carbocycles. The minimum Gasteiger partial charge on any atom is -0.375 e. The van der Waals surface area contributed by atoms with Crippen LogP contribution in [0.1, 0.15) is 20.7 Å². The van der Waals surface area contributed by atoms with Gasteiger partial charge in [0.2, 0.25) is 5.91 Å². The highest BCUT2D eigenvalue weighted by molar-refractivity contribution is 8.04. The molecule has 21 heavy (non-hydrogen) atoms. The zero-order valence-corrected chi connectivity index (χ0v) is 12.3. The average molecular weight is 321 g/mol. The molecule has 1 aromatic rings. The summed E-state index contributed by atoms with van der Waals surface area (Å²) in [6.45, 7) is 0. The van der Waals surface area contributed by atoms with Crippen molar-refractivity contribution >= 4 is 46.6 Å². The molecular weight excluding hydrogens is 310 g/mol. The topological polar surface area (TPSA) is 101 Å². The van der Waals surface area contributed by atoms with Gasteiger partial charge in [0.1, 0.15) is 0 Å². The van der Waals surface area contributed by atoms with Crippen molar-refractivity contribution < 1.29 is 14.4 Å². The standard InChI is InChI=1S/C13H11N3O3S2/c14-13(20)16-15-11(18)6-21-10-5-9(17)7-3-1-2-4-8(7)12(10)19/h1-5H,6H2,(H,15,18)(H3,14,16,20). The third kappa shape index (κ3) is 3.67. The Hall–Kier alpha value is -2.19. The van der Waals surface area contributed by atoms with E-state index < -0.39 is 5.91 Å². The van der Waals surface area contributed by atoms with Crippen LogP contribution in [0.25, 0.3) is 0 Å². The molecule has 0 aromatic heterocycles. The number of Topliss-reactive ketones (excluding diaryl/α,β-unsaturated/α-hetero) is 1. The molecule has 0 atom stereocenters. The van der Waals surface area contributed by atoms with E-state index in [1.54, 1.807) is 24.3 Å². The molecule has 1 amide bonds. The van der Waals surface area contributed by atoms with E-state index in [1.807, 2.05) is 0 Å². The molecule has 0 heterocycles. The van der Waals surface area contributed by atoms with Gasteiger partial charge in [-0.1, -0.05) is 24.3 Å². The highest BCUT2D eigenvalue weighted by atomic mass is 32.2. The fourth-order valence-corrected chi connectivity index (χ4v) is 2.55. The summed E-state index contributed by atoms with van der Waals surface area (Å²) in [5, 5.41) is -0.0644. The number of nitrogens with one attached hydrogen (secondary N) is 2. The Kier molecular flexibility index (Phi) is 4.71. The zero-order chi connectivity index (χ0) is 15.4. The van der Waals surface area contributed by atoms with Gasteiger partial charge in [0.15, 0.2) is 16.7 Å². The lowest BCUT2D eigenvalue weighted by Gasteiger charge is -2.14. The molecule has 1 aliphatic rings. The summed E-state index contributed by atoms with van der Waals surface area (Å²) in [7, 11) is 0. The molecule has 0 unspecified atom stereocenters. The lowest BCUT2D eigenvalue weighted by molar-refractivity contribution is -0.119. The Balaban J connectivity index is 2.02. The van der Waals surface area contributed by atoms with Gasteiger partial charge in [0.05, 0.1) is 10.7 Å². The molecule has 0 spiro atoms. The molecule has 108 valence electrons. The van der Waals surface area contributed by atoms with Crippen molar-refractivity contribution in [2.45, 2.75) is 0 Å². The first-order valence-corrected chi connectivity index (χ1v) is 7.25. The molecule has 0 saturated heterocycles. The summed E-state index contributed by atoms with van der Waals surface area (Å²) in [5.41, 5.74) is 10.5. The first-order valence-electron chi connectivity index (χ1n) is 5.86. The summed E-state index contributed by atoms with van der Waals surface area (Å²) >= 11 is 5.52. The summed E-state index contributed by atoms with van der Waals surface area (Å²) in [4.78, 5) is 35.9. The Morgan fingerprint density at radius 1 is 1.19 bits per heavy atom. The van der Waals surface area contributed by atoms with Crippen molar-refractivity contribution in [1.29, 1.82) is 0 Å². The van der Waals surface area contributed by atoms with Gasteiger partial charge in [0, 0.05) is 17.2 Å². The second kappa shape index (κ2) is 6.51. The van der Waals surface area contributed by atoms with Crippen LogP contribution in [-0.2, 0) is 4.79 Å². The van der Waals surface area contributed by atoms with Crippen LogP contribution in [0.15, 0.2) is 35.2 Å². The number of thiocarbonyl (C=S) groups is 1. The number of carbonyl (C=O) groups is 3. The predicted octanol–water partition coefficient (Wildman–Crippen LogP) is 0.547. The van der Waals surface area contributed by atoms with Gasteiger partial charge in [-0.05, 0) is 12.2 Å². The van der Waals surface area contributed by atoms with E-state index in [1.165, 1.54) is 6.08 Å². The van der Waals surface area contributed by atoms with E-state index in [9.17, 15) is 14.4 Å². The number of rotatable bonds is 3. The van der Waals surface area contributed by atoms with Crippen molar-refractivity contribution in [1.82, 2.24) is 10.9 Å². The van der Waals surface area contributed by atoms with Crippen LogP contribution in [0.4, 0.5) is 0 Å². The summed E-state index contributed by atoms with van der Waals surface area (Å²) in [6, 6.07) is 6.59. The van der Waals surface area contributed by atoms with Gasteiger partial charge in [-0.25, -0.2) is 0 Å². The van der Waals surface area contributed by atoms with Gasteiger partial charge >= 0.3 is 0 Å². The fraction of sp³-hybridized carbons (Fsp3) is 0.0769. The van der Waals surface area contributed by atoms with Gasteiger partial charge in [-0.2, -0.15) is 0 Å². The molecule has 4 N–H and O–H groups in total. The Bertz CT molecular complexity index is 670. The van der Waals surface area contributed by atoms with E-state index in [0.717, 1.165) is 11.8 Å². The van der Waals surface area contributed by atoms with Crippen LogP contribution in [0, 0.1) is 0 Å². The van der Waals surface area contributed by atoms with Crippen LogP contribution in [0.3, 0.4) is 0 Å². The Labute approximate surface area is 130 Å². The number of ketones is 2. The third-order valence-corrected chi connectivity index (χ3v) is 3.73. The number of hydrogen-bond acceptors (Lipinski definition) is 5. The van der Waals surface area contributed by atoms with E-state index in [-0.39, 0.29) is 27.3 Å². The molecule has 8 heteroatoms. The number of nitrogens with two attached hydrogens (primary N) is 1. The highest BCUT2D eigenvalue weighted by Crippen LogP contribution is 2.27. The number of fused-ring (bicyclic) bond motifs is 1. The lowest BCUT2D eigenvalue weighted by Crippen LogP contribution is -2.45. The quantitative estimate of drug-likeness (QED) is 0.552. The number of allylic oxidation sites excluding steroid dienone is 2. The van der Waals surface area contributed by atoms with E-state index in [4.69, 9.17) is 5.73 Å². The molecule has 0 radical (unpaired) electrons. The van der Waals surface area contributed by atoms with Crippen LogP contribution in [0.2, 0.25) is 0 Å². The Morgan fingerprint density at radius 2 is 1.86 bits per heavy atom. The summed E-state index contributed by atoms with van der Waals surface area (Å²) < 4.78 is 0. The van der Waals surface area contributed by atoms with Crippen molar-refractivity contribution in [2.24, 2.45) is 5.73 Å². The van der Waals surface area contributed by atoms with Crippen LogP contribution < -0.4 is 16.6 Å². The number of hydrazine groups is 1. The highest BCUT2D eigenvalue weighted by Gasteiger charge is 2.25. The predicted molar refractivity (Wildman–Crippen MR) is 83.7 cm³/mol. The number of hydrogen-bond donors (Lipinski definition) is 3. The molecule has 0 saturated carbocycles. The SMILES string of the molecule is NC(=S)NNC(=O)CSC1=CC(=O)c2ccccc2C1=O. The van der Waals surface area contributed by atoms with E-state index >= 15 is 0 Å². The normalized spacial score (nSPS) is 13.2. The molecular formula is C13H11N3O3S2. The summed E-state index contributed by atoms with van der Waals surface area (Å²) in [5.74, 6) is -0.949. The van der Waals surface area contributed by atoms with Gasteiger partial charge in [-0.15, -0.1) is 11.8 Å². The first-order chi connectivity index (χ1) is 9.99. The van der Waals surface area contributed by atoms with Gasteiger partial charge < -0.3 is 5.73 Å².